The molecule has 0 aliphatic heterocycles. The lowest BCUT2D eigenvalue weighted by Gasteiger charge is -2.06. The Morgan fingerprint density at radius 2 is 2.18 bits per heavy atom. The number of hydrogen-bond donors (Lipinski definition) is 1. The fraction of sp³-hybridized carbons (Fsp3) is 0.750. The van der Waals surface area contributed by atoms with E-state index in [0.717, 1.165) is 26.1 Å². The largest absolute Gasteiger partial charge is 0.382 e. The van der Waals surface area contributed by atoms with Crippen molar-refractivity contribution in [2.24, 2.45) is 0 Å². The molecular formula is C12H23N3O2. The van der Waals surface area contributed by atoms with Crippen LogP contribution in [-0.2, 0) is 22.6 Å². The zero-order valence-electron chi connectivity index (χ0n) is 11.0. The Bertz CT molecular complexity index is 313. The van der Waals surface area contributed by atoms with Crippen molar-refractivity contribution < 1.29 is 9.47 Å². The predicted octanol–water partition coefficient (Wildman–Crippen LogP) is 0.964. The number of hydrogen-bond acceptors (Lipinski definition) is 4. The third kappa shape index (κ3) is 4.85. The molecule has 0 aromatic carbocycles. The van der Waals surface area contributed by atoms with Gasteiger partial charge >= 0.3 is 0 Å². The molecule has 1 N–H and O–H groups in total. The summed E-state index contributed by atoms with van der Waals surface area (Å²) in [5.74, 6) is 0. The van der Waals surface area contributed by atoms with Crippen LogP contribution in [0.2, 0.25) is 0 Å². The van der Waals surface area contributed by atoms with Gasteiger partial charge in [0.1, 0.15) is 0 Å². The minimum atomic E-state index is 0.660. The van der Waals surface area contributed by atoms with Gasteiger partial charge in [0.05, 0.1) is 19.4 Å². The van der Waals surface area contributed by atoms with E-state index in [1.165, 1.54) is 11.3 Å². The lowest BCUT2D eigenvalue weighted by atomic mass is 10.2. The molecule has 5 nitrogen and oxygen atoms in total. The maximum Gasteiger partial charge on any atom is 0.0700 e. The highest BCUT2D eigenvalue weighted by molar-refractivity contribution is 5.15. The van der Waals surface area contributed by atoms with Crippen molar-refractivity contribution in [2.75, 3.05) is 34.0 Å². The van der Waals surface area contributed by atoms with E-state index in [1.54, 1.807) is 7.11 Å². The van der Waals surface area contributed by atoms with Crippen LogP contribution in [-0.4, -0.2) is 43.8 Å². The van der Waals surface area contributed by atoms with Crippen LogP contribution in [0, 0.1) is 6.92 Å². The molecule has 0 unspecified atom stereocenters. The van der Waals surface area contributed by atoms with Crippen molar-refractivity contribution in [3.05, 3.63) is 17.5 Å². The van der Waals surface area contributed by atoms with Crippen molar-refractivity contribution in [3.8, 4) is 0 Å². The summed E-state index contributed by atoms with van der Waals surface area (Å²) in [4.78, 5) is 0. The van der Waals surface area contributed by atoms with Crippen LogP contribution in [0.3, 0.4) is 0 Å². The smallest absolute Gasteiger partial charge is 0.0700 e. The Kier molecular flexibility index (Phi) is 6.84. The summed E-state index contributed by atoms with van der Waals surface area (Å²) >= 11 is 0. The molecule has 0 saturated heterocycles. The highest BCUT2D eigenvalue weighted by atomic mass is 16.5. The molecule has 0 fully saturated rings. The standard InChI is InChI=1S/C12H23N3O2/c1-11-12(9-13-2)10-14-15(11)5-4-6-17-8-7-16-3/h10,13H,4-9H2,1-3H3. The topological polar surface area (TPSA) is 48.3 Å². The SMILES string of the molecule is CNCc1cnn(CCCOCCOC)c1C. The molecule has 0 atom stereocenters. The van der Waals surface area contributed by atoms with Crippen molar-refractivity contribution in [1.82, 2.24) is 15.1 Å². The predicted molar refractivity (Wildman–Crippen MR) is 67.0 cm³/mol. The number of nitrogens with zero attached hydrogens (tertiary/aromatic N) is 2. The van der Waals surface area contributed by atoms with Gasteiger partial charge in [0, 0.05) is 38.1 Å². The molecule has 98 valence electrons. The third-order valence-electron chi connectivity index (χ3n) is 2.66. The van der Waals surface area contributed by atoms with Crippen LogP contribution in [0.25, 0.3) is 0 Å². The first-order valence-corrected chi connectivity index (χ1v) is 6.02. The highest BCUT2D eigenvalue weighted by Crippen LogP contribution is 2.07. The van der Waals surface area contributed by atoms with Crippen LogP contribution in [0.4, 0.5) is 0 Å². The van der Waals surface area contributed by atoms with Crippen molar-refractivity contribution in [1.29, 1.82) is 0 Å². The van der Waals surface area contributed by atoms with Crippen LogP contribution in [0.1, 0.15) is 17.7 Å². The lowest BCUT2D eigenvalue weighted by Crippen LogP contribution is -2.09. The third-order valence-corrected chi connectivity index (χ3v) is 2.66. The summed E-state index contributed by atoms with van der Waals surface area (Å²) < 4.78 is 12.4. The number of aryl methyl sites for hydroxylation is 1. The normalized spacial score (nSPS) is 11.0. The van der Waals surface area contributed by atoms with Gasteiger partial charge in [-0.15, -0.1) is 0 Å². The second-order valence-electron chi connectivity index (χ2n) is 3.97. The van der Waals surface area contributed by atoms with Gasteiger partial charge in [-0.05, 0) is 20.4 Å². The van der Waals surface area contributed by atoms with E-state index in [9.17, 15) is 0 Å². The molecule has 17 heavy (non-hydrogen) atoms. The maximum atomic E-state index is 5.41. The van der Waals surface area contributed by atoms with Gasteiger partial charge < -0.3 is 14.8 Å². The summed E-state index contributed by atoms with van der Waals surface area (Å²) in [7, 11) is 3.63. The first-order valence-electron chi connectivity index (χ1n) is 6.02. The number of nitrogens with one attached hydrogen (secondary N) is 1. The molecular weight excluding hydrogens is 218 g/mol. The van der Waals surface area contributed by atoms with Gasteiger partial charge in [-0.2, -0.15) is 5.10 Å². The molecule has 1 aromatic heterocycles. The van der Waals surface area contributed by atoms with Crippen LogP contribution in [0.5, 0.6) is 0 Å². The van der Waals surface area contributed by atoms with E-state index in [4.69, 9.17) is 9.47 Å². The molecule has 0 saturated carbocycles. The molecule has 0 aliphatic carbocycles. The van der Waals surface area contributed by atoms with Gasteiger partial charge in [0.2, 0.25) is 0 Å². The van der Waals surface area contributed by atoms with Crippen molar-refractivity contribution in [2.45, 2.75) is 26.4 Å². The number of methoxy groups -OCH3 is 1. The fourth-order valence-corrected chi connectivity index (χ4v) is 1.64. The first kappa shape index (κ1) is 14.2. The molecule has 5 heteroatoms. The number of aromatic nitrogens is 2. The fourth-order valence-electron chi connectivity index (χ4n) is 1.64. The summed E-state index contributed by atoms with van der Waals surface area (Å²) in [5, 5.41) is 7.50. The molecule has 1 aromatic rings. The zero-order chi connectivity index (χ0) is 12.5. The second kappa shape index (κ2) is 8.22. The molecule has 0 spiro atoms. The number of rotatable bonds is 9. The Labute approximate surface area is 103 Å². The molecule has 1 rings (SSSR count). The van der Waals surface area contributed by atoms with E-state index in [2.05, 4.69) is 17.3 Å². The summed E-state index contributed by atoms with van der Waals surface area (Å²) in [6.45, 7) is 5.96. The maximum absolute atomic E-state index is 5.41. The van der Waals surface area contributed by atoms with E-state index >= 15 is 0 Å². The molecule has 0 bridgehead atoms. The van der Waals surface area contributed by atoms with Gasteiger partial charge in [-0.25, -0.2) is 0 Å². The Hall–Kier alpha value is -0.910. The van der Waals surface area contributed by atoms with Crippen LogP contribution in [0.15, 0.2) is 6.20 Å². The average molecular weight is 241 g/mol. The molecule has 1 heterocycles. The van der Waals surface area contributed by atoms with Gasteiger partial charge in [-0.3, -0.25) is 4.68 Å². The Morgan fingerprint density at radius 3 is 2.88 bits per heavy atom. The van der Waals surface area contributed by atoms with Crippen molar-refractivity contribution in [3.63, 3.8) is 0 Å². The zero-order valence-corrected chi connectivity index (χ0v) is 11.0. The minimum Gasteiger partial charge on any atom is -0.382 e. The van der Waals surface area contributed by atoms with Gasteiger partial charge in [-0.1, -0.05) is 0 Å². The van der Waals surface area contributed by atoms with E-state index < -0.39 is 0 Å². The summed E-state index contributed by atoms with van der Waals surface area (Å²) in [6.07, 6.45) is 2.91. The lowest BCUT2D eigenvalue weighted by molar-refractivity contribution is 0.0676. The van der Waals surface area contributed by atoms with Crippen molar-refractivity contribution >= 4 is 0 Å². The van der Waals surface area contributed by atoms with Gasteiger partial charge in [0.15, 0.2) is 0 Å². The monoisotopic (exact) mass is 241 g/mol. The van der Waals surface area contributed by atoms with E-state index in [-0.39, 0.29) is 0 Å². The molecule has 0 amide bonds. The second-order valence-corrected chi connectivity index (χ2v) is 3.97. The average Bonchev–Trinajstić information content (AvgIpc) is 2.67. The molecule has 0 aliphatic rings. The number of ether oxygens (including phenoxy) is 2. The van der Waals surface area contributed by atoms with E-state index in [1.807, 2.05) is 17.9 Å². The minimum absolute atomic E-state index is 0.660. The molecule has 0 radical (unpaired) electrons. The van der Waals surface area contributed by atoms with E-state index in [0.29, 0.717) is 13.2 Å². The summed E-state index contributed by atoms with van der Waals surface area (Å²) in [6, 6.07) is 0. The quantitative estimate of drug-likeness (QED) is 0.654. The highest BCUT2D eigenvalue weighted by Gasteiger charge is 2.04. The van der Waals surface area contributed by atoms with Crippen LogP contribution < -0.4 is 5.32 Å². The summed E-state index contributed by atoms with van der Waals surface area (Å²) in [5.41, 5.74) is 2.49. The first-order chi connectivity index (χ1) is 8.29. The van der Waals surface area contributed by atoms with Crippen LogP contribution >= 0.6 is 0 Å². The Balaban J connectivity index is 2.22. The van der Waals surface area contributed by atoms with Gasteiger partial charge in [0.25, 0.3) is 0 Å². The Morgan fingerprint density at radius 1 is 1.35 bits per heavy atom.